The van der Waals surface area contributed by atoms with Gasteiger partial charge in [-0.1, -0.05) is 63.2 Å². The van der Waals surface area contributed by atoms with Crippen LogP contribution in [0.2, 0.25) is 0 Å². The van der Waals surface area contributed by atoms with E-state index in [-0.39, 0.29) is 0 Å². The van der Waals surface area contributed by atoms with Crippen molar-refractivity contribution in [1.29, 1.82) is 0 Å². The van der Waals surface area contributed by atoms with E-state index >= 15 is 0 Å². The Bertz CT molecular complexity index is 853. The van der Waals surface area contributed by atoms with E-state index in [9.17, 15) is 0 Å². The van der Waals surface area contributed by atoms with Crippen molar-refractivity contribution in [1.82, 2.24) is 9.78 Å². The molecule has 1 unspecified atom stereocenters. The summed E-state index contributed by atoms with van der Waals surface area (Å²) in [5.74, 6) is 2.12. The van der Waals surface area contributed by atoms with Crippen LogP contribution in [0.5, 0.6) is 0 Å². The molecule has 3 nitrogen and oxygen atoms in total. The average Bonchev–Trinajstić information content (AvgIpc) is 3.22. The van der Waals surface area contributed by atoms with Gasteiger partial charge in [0.1, 0.15) is 11.7 Å². The fraction of sp³-hybridized carbons (Fsp3) is 0.222. The third-order valence-electron chi connectivity index (χ3n) is 4.05. The first-order chi connectivity index (χ1) is 12.7. The number of para-hydroxylation sites is 1. The second-order valence-corrected chi connectivity index (χ2v) is 23.9. The van der Waals surface area contributed by atoms with Crippen LogP contribution in [0.15, 0.2) is 59.8 Å². The topological polar surface area (TPSA) is 21.7 Å². The van der Waals surface area contributed by atoms with Crippen molar-refractivity contribution in [3.8, 4) is 17.1 Å². The minimum absolute atomic E-state index is 0.477. The molecule has 4 rings (SSSR count). The zero-order valence-electron chi connectivity index (χ0n) is 13.9. The van der Waals surface area contributed by atoms with Gasteiger partial charge in [0, 0.05) is 15.3 Å². The van der Waals surface area contributed by atoms with E-state index < -0.39 is 0 Å². The summed E-state index contributed by atoms with van der Waals surface area (Å²) in [6, 6.07) is 19.6. The van der Waals surface area contributed by atoms with E-state index in [0.717, 1.165) is 21.6 Å². The van der Waals surface area contributed by atoms with Crippen molar-refractivity contribution >= 4 is 71.6 Å². The molecule has 0 bridgehead atoms. The number of aryl methyl sites for hydroxylation is 1. The van der Waals surface area contributed by atoms with Crippen LogP contribution in [-0.4, -0.2) is 20.0 Å². The fourth-order valence-electron chi connectivity index (χ4n) is 2.80. The first kappa shape index (κ1) is 21.6. The van der Waals surface area contributed by atoms with Gasteiger partial charge >= 0.3 is 61.5 Å². The number of alkyl halides is 1. The number of rotatable bonds is 3. The summed E-state index contributed by atoms with van der Waals surface area (Å²) in [5.41, 5.74) is 3.60. The van der Waals surface area contributed by atoms with E-state index in [1.54, 1.807) is 0 Å². The Hall–Kier alpha value is 0.850. The Kier molecular flexibility index (Phi) is 8.77. The molecule has 138 valence electrons. The second-order valence-electron chi connectivity index (χ2n) is 5.76. The SMILES string of the molecule is Cc1ccc(-c2nn3c([n+]2-c2ccccc2)SCC3CI)cc1.I[I-]I. The first-order valence-electron chi connectivity index (χ1n) is 7.92. The number of nitrogens with zero attached hydrogens (tertiary/aromatic N) is 3. The van der Waals surface area contributed by atoms with Crippen LogP contribution in [0.25, 0.3) is 17.1 Å². The summed E-state index contributed by atoms with van der Waals surface area (Å²) in [7, 11) is 0. The molecule has 0 radical (unpaired) electrons. The number of hydrogen-bond donors (Lipinski definition) is 0. The van der Waals surface area contributed by atoms with Gasteiger partial charge in [-0.05, 0) is 43.0 Å². The third kappa shape index (κ3) is 4.87. The predicted octanol–water partition coefficient (Wildman–Crippen LogP) is 2.99. The molecule has 0 amide bonds. The molecule has 2 heterocycles. The van der Waals surface area contributed by atoms with Crippen molar-refractivity contribution in [2.24, 2.45) is 0 Å². The van der Waals surface area contributed by atoms with Gasteiger partial charge in [0.25, 0.3) is 0 Å². The summed E-state index contributed by atoms with van der Waals surface area (Å²) in [6.07, 6.45) is 0. The van der Waals surface area contributed by atoms with Gasteiger partial charge < -0.3 is 0 Å². The molecule has 26 heavy (non-hydrogen) atoms. The molecule has 0 spiro atoms. The van der Waals surface area contributed by atoms with E-state index in [1.807, 2.05) is 11.8 Å². The van der Waals surface area contributed by atoms with Crippen LogP contribution < -0.4 is 17.8 Å². The van der Waals surface area contributed by atoms with Crippen molar-refractivity contribution in [2.75, 3.05) is 10.2 Å². The van der Waals surface area contributed by atoms with Gasteiger partial charge in [-0.2, -0.15) is 4.57 Å². The maximum atomic E-state index is 4.97. The number of thioether (sulfide) groups is 1. The van der Waals surface area contributed by atoms with E-state index in [1.165, 1.54) is 16.4 Å². The molecule has 8 heteroatoms. The molecule has 0 N–H and O–H groups in total. The van der Waals surface area contributed by atoms with Gasteiger partial charge in [0.2, 0.25) is 0 Å². The minimum atomic E-state index is 0.477. The van der Waals surface area contributed by atoms with E-state index in [2.05, 4.69) is 131 Å². The Morgan fingerprint density at radius 1 is 1.15 bits per heavy atom. The quantitative estimate of drug-likeness (QED) is 0.231. The maximum absolute atomic E-state index is 4.97. The molecule has 1 aromatic heterocycles. The molecular weight excluding hydrogens is 798 g/mol. The molecule has 1 aliphatic heterocycles. The predicted molar refractivity (Wildman–Crippen MR) is 131 cm³/mol. The van der Waals surface area contributed by atoms with Crippen LogP contribution in [0.1, 0.15) is 11.6 Å². The molecular formula is C18H17I4N3S. The number of fused-ring (bicyclic) bond motifs is 1. The molecule has 0 aliphatic carbocycles. The van der Waals surface area contributed by atoms with Crippen LogP contribution in [0.3, 0.4) is 0 Å². The standard InChI is InChI=1S/C18H17IN3S.I3/c1-13-7-9-14(10-8-13)17-20-22-16(11-19)12-23-18(22)21(17)15-5-3-2-4-6-15;1-3-2/h2-10,16H,11-12H2,1H3;/q+1;-1. The van der Waals surface area contributed by atoms with Crippen LogP contribution >= 0.6 is 71.6 Å². The third-order valence-corrected chi connectivity index (χ3v) is 6.25. The summed E-state index contributed by atoms with van der Waals surface area (Å²) >= 11 is 9.66. The van der Waals surface area contributed by atoms with Gasteiger partial charge in [-0.3, -0.25) is 0 Å². The van der Waals surface area contributed by atoms with Gasteiger partial charge in [-0.25, -0.2) is 0 Å². The summed E-state index contributed by atoms with van der Waals surface area (Å²) < 4.78 is 5.59. The Labute approximate surface area is 201 Å². The number of benzene rings is 2. The summed E-state index contributed by atoms with van der Waals surface area (Å²) in [6.45, 7) is 2.12. The van der Waals surface area contributed by atoms with Gasteiger partial charge in [-0.15, -0.1) is 0 Å². The van der Waals surface area contributed by atoms with Crippen molar-refractivity contribution < 1.29 is 17.8 Å². The van der Waals surface area contributed by atoms with Gasteiger partial charge in [0.05, 0.1) is 5.56 Å². The molecule has 2 aromatic carbocycles. The monoisotopic (exact) mass is 815 g/mol. The molecule has 0 saturated heterocycles. The van der Waals surface area contributed by atoms with Gasteiger partial charge in [0.15, 0.2) is 0 Å². The molecule has 1 atom stereocenters. The zero-order chi connectivity index (χ0) is 18.5. The second kappa shape index (κ2) is 10.6. The zero-order valence-corrected chi connectivity index (χ0v) is 23.4. The van der Waals surface area contributed by atoms with Crippen LogP contribution in [0.4, 0.5) is 0 Å². The average molecular weight is 815 g/mol. The van der Waals surface area contributed by atoms with Crippen LogP contribution in [0, 0.1) is 6.92 Å². The number of halogens is 4. The fourth-order valence-corrected chi connectivity index (χ4v) is 5.15. The number of aromatic nitrogens is 3. The molecule has 0 fully saturated rings. The Balaban J connectivity index is 0.000000613. The molecule has 1 aliphatic rings. The summed E-state index contributed by atoms with van der Waals surface area (Å²) in [5, 5.41) is 6.20. The molecule has 0 saturated carbocycles. The van der Waals surface area contributed by atoms with Crippen LogP contribution in [-0.2, 0) is 0 Å². The molecule has 3 aromatic rings. The normalized spacial score (nSPS) is 15.5. The Morgan fingerprint density at radius 3 is 2.42 bits per heavy atom. The Morgan fingerprint density at radius 2 is 1.81 bits per heavy atom. The van der Waals surface area contributed by atoms with E-state index in [4.69, 9.17) is 5.10 Å². The number of hydrogen-bond acceptors (Lipinski definition) is 2. The van der Waals surface area contributed by atoms with E-state index in [0.29, 0.717) is 19.3 Å². The summed E-state index contributed by atoms with van der Waals surface area (Å²) in [4.78, 5) is 0. The van der Waals surface area contributed by atoms with Crippen molar-refractivity contribution in [3.05, 3.63) is 60.2 Å². The van der Waals surface area contributed by atoms with Crippen molar-refractivity contribution in [3.63, 3.8) is 0 Å². The first-order valence-corrected chi connectivity index (χ1v) is 23.0. The van der Waals surface area contributed by atoms with Crippen molar-refractivity contribution in [2.45, 2.75) is 18.1 Å².